The first-order valence-electron chi connectivity index (χ1n) is 12.8. The molecule has 1 aliphatic rings. The van der Waals surface area contributed by atoms with Gasteiger partial charge in [-0.2, -0.15) is 11.8 Å². The lowest BCUT2D eigenvalue weighted by Gasteiger charge is -2.25. The number of thioether (sulfide) groups is 1. The molecule has 4 rings (SSSR count). The summed E-state index contributed by atoms with van der Waals surface area (Å²) in [6, 6.07) is 15.3. The van der Waals surface area contributed by atoms with Crippen molar-refractivity contribution in [3.8, 4) is 22.8 Å². The zero-order chi connectivity index (χ0) is 26.0. The molecule has 0 bridgehead atoms. The fraction of sp³-hybridized carbons (Fsp3) is 0.429. The van der Waals surface area contributed by atoms with E-state index >= 15 is 0 Å². The smallest absolute Gasteiger partial charge is 0.241 e. The van der Waals surface area contributed by atoms with Crippen LogP contribution in [0.15, 0.2) is 53.7 Å². The first-order valence-corrected chi connectivity index (χ1v) is 14.8. The molecular formula is C28H36N4O3S2. The van der Waals surface area contributed by atoms with Crippen molar-refractivity contribution in [1.29, 1.82) is 0 Å². The van der Waals surface area contributed by atoms with Crippen molar-refractivity contribution in [3.05, 3.63) is 64.0 Å². The SMILES string of the molecule is CCCCC(Oc1ccc(C(N)=NO)cc1)Oc1ccc(-c2nc(C)sc2CCN2CCSCC2)cc1. The number of unbranched alkanes of at least 4 members (excludes halogenated alkanes) is 1. The van der Waals surface area contributed by atoms with Crippen molar-refractivity contribution >= 4 is 28.9 Å². The van der Waals surface area contributed by atoms with Gasteiger partial charge in [0.2, 0.25) is 6.29 Å². The molecule has 1 aromatic heterocycles. The number of ether oxygens (including phenoxy) is 2. The Balaban J connectivity index is 1.41. The van der Waals surface area contributed by atoms with E-state index in [0.29, 0.717) is 11.3 Å². The van der Waals surface area contributed by atoms with Gasteiger partial charge >= 0.3 is 0 Å². The summed E-state index contributed by atoms with van der Waals surface area (Å²) < 4.78 is 12.4. The number of thiazole rings is 1. The third-order valence-electron chi connectivity index (χ3n) is 6.28. The monoisotopic (exact) mass is 540 g/mol. The van der Waals surface area contributed by atoms with Gasteiger partial charge in [-0.25, -0.2) is 4.98 Å². The fourth-order valence-corrected chi connectivity index (χ4v) is 6.14. The van der Waals surface area contributed by atoms with Crippen molar-refractivity contribution in [2.45, 2.75) is 45.8 Å². The number of benzene rings is 2. The number of hydrogen-bond acceptors (Lipinski definition) is 8. The van der Waals surface area contributed by atoms with E-state index in [-0.39, 0.29) is 5.84 Å². The van der Waals surface area contributed by atoms with Crippen LogP contribution in [0.4, 0.5) is 0 Å². The highest BCUT2D eigenvalue weighted by atomic mass is 32.2. The molecule has 2 aromatic carbocycles. The molecule has 1 atom stereocenters. The number of aryl methyl sites for hydroxylation is 1. The summed E-state index contributed by atoms with van der Waals surface area (Å²) in [5.41, 5.74) is 8.49. The van der Waals surface area contributed by atoms with Crippen molar-refractivity contribution in [2.24, 2.45) is 10.9 Å². The van der Waals surface area contributed by atoms with Crippen LogP contribution in [0.2, 0.25) is 0 Å². The quantitative estimate of drug-likeness (QED) is 0.0989. The van der Waals surface area contributed by atoms with Gasteiger partial charge < -0.3 is 25.3 Å². The fourth-order valence-electron chi connectivity index (χ4n) is 4.22. The number of amidine groups is 1. The maximum atomic E-state index is 8.86. The van der Waals surface area contributed by atoms with E-state index in [0.717, 1.165) is 54.2 Å². The van der Waals surface area contributed by atoms with Gasteiger partial charge in [0.15, 0.2) is 5.84 Å². The van der Waals surface area contributed by atoms with Crippen LogP contribution in [0.1, 0.15) is 41.6 Å². The molecule has 0 radical (unpaired) electrons. The van der Waals surface area contributed by atoms with Gasteiger partial charge in [-0.05, 0) is 68.3 Å². The molecule has 0 saturated carbocycles. The Morgan fingerprint density at radius 1 is 1.08 bits per heavy atom. The molecule has 1 aliphatic heterocycles. The minimum absolute atomic E-state index is 0.0643. The highest BCUT2D eigenvalue weighted by Crippen LogP contribution is 2.31. The zero-order valence-electron chi connectivity index (χ0n) is 21.6. The van der Waals surface area contributed by atoms with Crippen molar-refractivity contribution in [1.82, 2.24) is 9.88 Å². The second kappa shape index (κ2) is 13.7. The molecular weight excluding hydrogens is 504 g/mol. The van der Waals surface area contributed by atoms with E-state index < -0.39 is 6.29 Å². The van der Waals surface area contributed by atoms with Crippen LogP contribution in [-0.2, 0) is 6.42 Å². The third-order valence-corrected chi connectivity index (χ3v) is 8.25. The normalized spacial score (nSPS) is 15.5. The average molecular weight is 541 g/mol. The summed E-state index contributed by atoms with van der Waals surface area (Å²) in [7, 11) is 0. The molecule has 37 heavy (non-hydrogen) atoms. The van der Waals surface area contributed by atoms with E-state index in [1.54, 1.807) is 35.6 Å². The van der Waals surface area contributed by atoms with E-state index in [9.17, 15) is 0 Å². The number of oxime groups is 1. The van der Waals surface area contributed by atoms with Gasteiger partial charge in [0, 0.05) is 53.6 Å². The van der Waals surface area contributed by atoms with E-state index in [1.807, 2.05) is 23.9 Å². The van der Waals surface area contributed by atoms with Crippen LogP contribution in [-0.4, -0.2) is 58.4 Å². The number of nitrogens with two attached hydrogens (primary N) is 1. The van der Waals surface area contributed by atoms with Crippen LogP contribution in [0, 0.1) is 6.92 Å². The van der Waals surface area contributed by atoms with Gasteiger partial charge in [-0.15, -0.1) is 11.3 Å². The maximum Gasteiger partial charge on any atom is 0.241 e. The summed E-state index contributed by atoms with van der Waals surface area (Å²) in [5.74, 6) is 3.96. The van der Waals surface area contributed by atoms with Crippen LogP contribution in [0.25, 0.3) is 11.3 Å². The highest BCUT2D eigenvalue weighted by Gasteiger charge is 2.17. The summed E-state index contributed by atoms with van der Waals surface area (Å²) in [5, 5.41) is 13.0. The molecule has 7 nitrogen and oxygen atoms in total. The number of hydrogen-bond donors (Lipinski definition) is 2. The lowest BCUT2D eigenvalue weighted by atomic mass is 10.1. The molecule has 0 aliphatic carbocycles. The molecule has 1 saturated heterocycles. The lowest BCUT2D eigenvalue weighted by molar-refractivity contribution is -0.00211. The van der Waals surface area contributed by atoms with Crippen LogP contribution >= 0.6 is 23.1 Å². The first kappa shape index (κ1) is 27.3. The van der Waals surface area contributed by atoms with Crippen LogP contribution < -0.4 is 15.2 Å². The van der Waals surface area contributed by atoms with Gasteiger partial charge in [0.25, 0.3) is 0 Å². The Morgan fingerprint density at radius 3 is 2.35 bits per heavy atom. The minimum Gasteiger partial charge on any atom is -0.455 e. The highest BCUT2D eigenvalue weighted by molar-refractivity contribution is 7.99. The topological polar surface area (TPSA) is 93.2 Å². The van der Waals surface area contributed by atoms with Gasteiger partial charge in [-0.1, -0.05) is 18.5 Å². The number of rotatable bonds is 12. The van der Waals surface area contributed by atoms with Gasteiger partial charge in [0.1, 0.15) is 11.5 Å². The molecule has 3 N–H and O–H groups in total. The van der Waals surface area contributed by atoms with E-state index in [2.05, 4.69) is 36.0 Å². The first-order chi connectivity index (χ1) is 18.1. The van der Waals surface area contributed by atoms with Crippen molar-refractivity contribution in [3.63, 3.8) is 0 Å². The molecule has 1 fully saturated rings. The zero-order valence-corrected chi connectivity index (χ0v) is 23.2. The summed E-state index contributed by atoms with van der Waals surface area (Å²) >= 11 is 3.85. The van der Waals surface area contributed by atoms with Crippen LogP contribution in [0.3, 0.4) is 0 Å². The predicted octanol–water partition coefficient (Wildman–Crippen LogP) is 5.78. The molecule has 198 valence electrons. The Bertz CT molecular complexity index is 1140. The largest absolute Gasteiger partial charge is 0.455 e. The summed E-state index contributed by atoms with van der Waals surface area (Å²) in [6.07, 6.45) is 3.42. The van der Waals surface area contributed by atoms with Gasteiger partial charge in [0.05, 0.1) is 10.7 Å². The Morgan fingerprint density at radius 2 is 1.73 bits per heavy atom. The van der Waals surface area contributed by atoms with E-state index in [1.165, 1.54) is 29.5 Å². The van der Waals surface area contributed by atoms with Gasteiger partial charge in [-0.3, -0.25) is 0 Å². The average Bonchev–Trinajstić information content (AvgIpc) is 3.31. The number of nitrogens with zero attached hydrogens (tertiary/aromatic N) is 3. The Hall–Kier alpha value is -2.75. The lowest BCUT2D eigenvalue weighted by Crippen LogP contribution is -2.34. The second-order valence-corrected chi connectivity index (χ2v) is 11.6. The maximum absolute atomic E-state index is 8.86. The summed E-state index contributed by atoms with van der Waals surface area (Å²) in [4.78, 5) is 8.77. The molecule has 0 amide bonds. The molecule has 1 unspecified atom stereocenters. The van der Waals surface area contributed by atoms with E-state index in [4.69, 9.17) is 25.4 Å². The molecule has 9 heteroatoms. The summed E-state index contributed by atoms with van der Waals surface area (Å²) in [6.45, 7) is 7.68. The van der Waals surface area contributed by atoms with Crippen molar-refractivity contribution in [2.75, 3.05) is 31.1 Å². The third kappa shape index (κ3) is 7.87. The molecule has 2 heterocycles. The molecule has 3 aromatic rings. The molecule has 0 spiro atoms. The van der Waals surface area contributed by atoms with Crippen molar-refractivity contribution < 1.29 is 14.7 Å². The number of aromatic nitrogens is 1. The van der Waals surface area contributed by atoms with Crippen LogP contribution in [0.5, 0.6) is 11.5 Å². The Kier molecular flexibility index (Phi) is 10.1. The Labute approximate surface area is 227 Å². The minimum atomic E-state index is -0.416. The standard InChI is InChI=1S/C28H36N4O3S2/c1-3-4-5-26(35-24-12-8-22(9-13-24)28(29)31-33)34-23-10-6-21(7-11-23)27-25(37-20(2)30-27)14-15-32-16-18-36-19-17-32/h6-13,26,33H,3-5,14-19H2,1-2H3,(H2,29,31). The predicted molar refractivity (Wildman–Crippen MR) is 153 cm³/mol. The second-order valence-electron chi connectivity index (χ2n) is 9.05.